The summed E-state index contributed by atoms with van der Waals surface area (Å²) in [5.41, 5.74) is 1.30. The number of amides is 1. The van der Waals surface area contributed by atoms with Crippen molar-refractivity contribution in [1.82, 2.24) is 14.8 Å². The molecular weight excluding hydrogens is 330 g/mol. The van der Waals surface area contributed by atoms with E-state index in [-0.39, 0.29) is 5.91 Å². The highest BCUT2D eigenvalue weighted by Crippen LogP contribution is 2.33. The van der Waals surface area contributed by atoms with E-state index in [0.717, 1.165) is 43.5 Å². The summed E-state index contributed by atoms with van der Waals surface area (Å²) in [5.74, 6) is 1.68. The van der Waals surface area contributed by atoms with Crippen LogP contribution in [0.3, 0.4) is 0 Å². The quantitative estimate of drug-likeness (QED) is 0.842. The normalized spacial score (nSPS) is 22.4. The summed E-state index contributed by atoms with van der Waals surface area (Å²) in [6.45, 7) is 5.21. The van der Waals surface area contributed by atoms with Crippen LogP contribution in [0.5, 0.6) is 0 Å². The topological polar surface area (TPSA) is 36.4 Å². The third-order valence-corrected chi connectivity index (χ3v) is 6.53. The van der Waals surface area contributed by atoms with Gasteiger partial charge < -0.3 is 4.90 Å². The molecule has 2 saturated heterocycles. The minimum atomic E-state index is 0.228. The number of nitrogens with zero attached hydrogens (tertiary/aromatic N) is 3. The Balaban J connectivity index is 1.26. The zero-order valence-electron chi connectivity index (χ0n) is 14.5. The summed E-state index contributed by atoms with van der Waals surface area (Å²) in [6, 6.07) is 8.07. The van der Waals surface area contributed by atoms with E-state index in [1.807, 2.05) is 36.0 Å². The molecule has 0 aliphatic carbocycles. The zero-order chi connectivity index (χ0) is 17.1. The molecule has 0 saturated carbocycles. The first-order chi connectivity index (χ1) is 12.3. The average molecular weight is 356 g/mol. The van der Waals surface area contributed by atoms with Crippen molar-refractivity contribution in [2.45, 2.75) is 25.8 Å². The average Bonchev–Trinajstić information content (AvgIpc) is 3.35. The highest BCUT2D eigenvalue weighted by molar-refractivity contribution is 7.12. The van der Waals surface area contributed by atoms with Gasteiger partial charge in [-0.15, -0.1) is 11.3 Å². The lowest BCUT2D eigenvalue weighted by molar-refractivity contribution is 0.0777. The van der Waals surface area contributed by atoms with Gasteiger partial charge in [-0.2, -0.15) is 0 Å². The molecule has 0 aromatic carbocycles. The Hall–Kier alpha value is -1.72. The van der Waals surface area contributed by atoms with Crippen molar-refractivity contribution in [2.24, 2.45) is 11.8 Å². The van der Waals surface area contributed by atoms with Gasteiger partial charge in [0.1, 0.15) is 0 Å². The van der Waals surface area contributed by atoms with Gasteiger partial charge in [0, 0.05) is 32.0 Å². The maximum absolute atomic E-state index is 12.5. The van der Waals surface area contributed by atoms with E-state index < -0.39 is 0 Å². The maximum atomic E-state index is 12.5. The monoisotopic (exact) mass is 355 g/mol. The Morgan fingerprint density at radius 3 is 2.68 bits per heavy atom. The summed E-state index contributed by atoms with van der Waals surface area (Å²) in [5, 5.41) is 1.98. The van der Waals surface area contributed by atoms with Crippen molar-refractivity contribution in [3.8, 4) is 0 Å². The van der Waals surface area contributed by atoms with Crippen LogP contribution in [0.25, 0.3) is 0 Å². The Morgan fingerprint density at radius 2 is 1.96 bits per heavy atom. The molecule has 2 aliphatic rings. The van der Waals surface area contributed by atoms with E-state index in [0.29, 0.717) is 5.92 Å². The zero-order valence-corrected chi connectivity index (χ0v) is 15.3. The standard InChI is InChI=1S/C20H25N3OS/c24-20(19-4-2-12-25-19)23-11-7-18(15-23)17-5-9-22(10-6-17)14-16-3-1-8-21-13-16/h1-4,8,12-13,17-18H,5-7,9-11,14-15H2/t18-/m0/s1. The van der Waals surface area contributed by atoms with E-state index in [4.69, 9.17) is 0 Å². The van der Waals surface area contributed by atoms with Gasteiger partial charge in [-0.3, -0.25) is 14.7 Å². The molecule has 4 heterocycles. The van der Waals surface area contributed by atoms with Gasteiger partial charge in [0.25, 0.3) is 5.91 Å². The molecule has 2 aromatic rings. The molecule has 25 heavy (non-hydrogen) atoms. The lowest BCUT2D eigenvalue weighted by Gasteiger charge is -2.34. The number of piperidine rings is 1. The molecule has 2 aliphatic heterocycles. The molecule has 2 aromatic heterocycles. The second-order valence-electron chi connectivity index (χ2n) is 7.25. The number of hydrogen-bond acceptors (Lipinski definition) is 4. The molecule has 0 bridgehead atoms. The van der Waals surface area contributed by atoms with E-state index in [9.17, 15) is 4.79 Å². The van der Waals surface area contributed by atoms with Crippen LogP contribution in [-0.4, -0.2) is 46.9 Å². The summed E-state index contributed by atoms with van der Waals surface area (Å²) in [6.07, 6.45) is 7.48. The van der Waals surface area contributed by atoms with Crippen molar-refractivity contribution in [1.29, 1.82) is 0 Å². The molecule has 0 N–H and O–H groups in total. The van der Waals surface area contributed by atoms with Crippen LogP contribution in [0.15, 0.2) is 42.0 Å². The first-order valence-corrected chi connectivity index (χ1v) is 10.1. The van der Waals surface area contributed by atoms with Crippen LogP contribution in [0.1, 0.15) is 34.5 Å². The van der Waals surface area contributed by atoms with Crippen molar-refractivity contribution in [2.75, 3.05) is 26.2 Å². The molecule has 2 fully saturated rings. The number of pyridine rings is 1. The van der Waals surface area contributed by atoms with Gasteiger partial charge in [-0.05, 0) is 67.3 Å². The Labute approximate surface area is 153 Å². The van der Waals surface area contributed by atoms with Crippen LogP contribution < -0.4 is 0 Å². The van der Waals surface area contributed by atoms with Crippen LogP contribution in [0.2, 0.25) is 0 Å². The second kappa shape index (κ2) is 7.67. The lowest BCUT2D eigenvalue weighted by Crippen LogP contribution is -2.37. The van der Waals surface area contributed by atoms with Gasteiger partial charge in [0.15, 0.2) is 0 Å². The summed E-state index contributed by atoms with van der Waals surface area (Å²) in [4.78, 5) is 22.2. The number of carbonyl (C=O) groups is 1. The number of hydrogen-bond donors (Lipinski definition) is 0. The molecule has 0 radical (unpaired) electrons. The Bertz CT molecular complexity index is 680. The summed E-state index contributed by atoms with van der Waals surface area (Å²) >= 11 is 1.55. The first-order valence-electron chi connectivity index (χ1n) is 9.23. The van der Waals surface area contributed by atoms with Crippen LogP contribution in [0, 0.1) is 11.8 Å². The van der Waals surface area contributed by atoms with Crippen molar-refractivity contribution in [3.05, 3.63) is 52.5 Å². The fourth-order valence-electron chi connectivity index (χ4n) is 4.24. The van der Waals surface area contributed by atoms with Crippen molar-refractivity contribution < 1.29 is 4.79 Å². The minimum Gasteiger partial charge on any atom is -0.338 e. The number of likely N-dealkylation sites (tertiary alicyclic amines) is 2. The smallest absolute Gasteiger partial charge is 0.263 e. The Kier molecular flexibility index (Phi) is 5.13. The van der Waals surface area contributed by atoms with E-state index in [1.54, 1.807) is 11.3 Å². The molecule has 0 unspecified atom stereocenters. The lowest BCUT2D eigenvalue weighted by atomic mass is 9.83. The minimum absolute atomic E-state index is 0.228. The fraction of sp³-hybridized carbons (Fsp3) is 0.500. The third kappa shape index (κ3) is 3.93. The molecule has 132 valence electrons. The van der Waals surface area contributed by atoms with Crippen molar-refractivity contribution >= 4 is 17.2 Å². The van der Waals surface area contributed by atoms with E-state index in [1.165, 1.54) is 24.8 Å². The van der Waals surface area contributed by atoms with Gasteiger partial charge >= 0.3 is 0 Å². The van der Waals surface area contributed by atoms with Gasteiger partial charge in [0.2, 0.25) is 0 Å². The highest BCUT2D eigenvalue weighted by atomic mass is 32.1. The predicted octanol–water partition coefficient (Wildman–Crippen LogP) is 3.52. The molecule has 5 heteroatoms. The van der Waals surface area contributed by atoms with Gasteiger partial charge in [-0.1, -0.05) is 12.1 Å². The van der Waals surface area contributed by atoms with Gasteiger partial charge in [-0.25, -0.2) is 0 Å². The number of aromatic nitrogens is 1. The van der Waals surface area contributed by atoms with Crippen LogP contribution >= 0.6 is 11.3 Å². The first kappa shape index (κ1) is 16.7. The molecule has 1 atom stereocenters. The highest BCUT2D eigenvalue weighted by Gasteiger charge is 2.34. The molecule has 4 rings (SSSR count). The number of rotatable bonds is 4. The molecule has 0 spiro atoms. The Morgan fingerprint density at radius 1 is 1.12 bits per heavy atom. The SMILES string of the molecule is O=C(c1cccs1)N1CC[C@H](C2CCN(Cc3cccnc3)CC2)C1. The molecular formula is C20H25N3OS. The molecule has 1 amide bonds. The molecule has 4 nitrogen and oxygen atoms in total. The third-order valence-electron chi connectivity index (χ3n) is 5.67. The summed E-state index contributed by atoms with van der Waals surface area (Å²) in [7, 11) is 0. The van der Waals surface area contributed by atoms with E-state index >= 15 is 0 Å². The maximum Gasteiger partial charge on any atom is 0.263 e. The number of thiophene rings is 1. The van der Waals surface area contributed by atoms with Crippen LogP contribution in [0.4, 0.5) is 0 Å². The van der Waals surface area contributed by atoms with Gasteiger partial charge in [0.05, 0.1) is 4.88 Å². The number of carbonyl (C=O) groups excluding carboxylic acids is 1. The van der Waals surface area contributed by atoms with Crippen molar-refractivity contribution in [3.63, 3.8) is 0 Å². The summed E-state index contributed by atoms with van der Waals surface area (Å²) < 4.78 is 0. The predicted molar refractivity (Wildman–Crippen MR) is 101 cm³/mol. The second-order valence-corrected chi connectivity index (χ2v) is 8.20. The van der Waals surface area contributed by atoms with E-state index in [2.05, 4.69) is 20.9 Å². The largest absolute Gasteiger partial charge is 0.338 e. The fourth-order valence-corrected chi connectivity index (χ4v) is 4.94. The van der Waals surface area contributed by atoms with Crippen LogP contribution in [-0.2, 0) is 6.54 Å².